The van der Waals surface area contributed by atoms with Crippen LogP contribution in [0.1, 0.15) is 17.3 Å². The van der Waals surface area contributed by atoms with Crippen LogP contribution in [0.2, 0.25) is 0 Å². The van der Waals surface area contributed by atoms with Gasteiger partial charge >= 0.3 is 11.9 Å². The molecule has 10 nitrogen and oxygen atoms in total. The van der Waals surface area contributed by atoms with Gasteiger partial charge in [0.2, 0.25) is 0 Å². The molecular formula is C11H11N3O7. The number of amides is 1. The van der Waals surface area contributed by atoms with E-state index in [2.05, 4.69) is 9.47 Å². The van der Waals surface area contributed by atoms with Crippen LogP contribution >= 0.6 is 0 Å². The predicted octanol–water partition coefficient (Wildman–Crippen LogP) is -0.333. The molecule has 112 valence electrons. The van der Waals surface area contributed by atoms with Crippen molar-refractivity contribution in [1.82, 2.24) is 5.43 Å². The van der Waals surface area contributed by atoms with Gasteiger partial charge in [-0.25, -0.2) is 15.4 Å². The van der Waals surface area contributed by atoms with Gasteiger partial charge in [-0.15, -0.1) is 0 Å². The Hall–Kier alpha value is -3.01. The minimum absolute atomic E-state index is 0.0374. The molecule has 1 aromatic rings. The Labute approximate surface area is 117 Å². The summed E-state index contributed by atoms with van der Waals surface area (Å²) in [5.74, 6) is 1.03. The molecule has 21 heavy (non-hydrogen) atoms. The number of carbonyl (C=O) groups excluding carboxylic acids is 3. The molecule has 0 aliphatic heterocycles. The highest BCUT2D eigenvalue weighted by Gasteiger charge is 2.23. The fourth-order valence-electron chi connectivity index (χ4n) is 1.31. The molecule has 0 aromatic heterocycles. The molecule has 10 heteroatoms. The molecule has 0 fully saturated rings. The molecule has 1 aromatic carbocycles. The summed E-state index contributed by atoms with van der Waals surface area (Å²) in [7, 11) is 0. The maximum absolute atomic E-state index is 11.5. The summed E-state index contributed by atoms with van der Waals surface area (Å²) < 4.78 is 9.08. The van der Waals surface area contributed by atoms with Crippen LogP contribution in [0.15, 0.2) is 18.2 Å². The summed E-state index contributed by atoms with van der Waals surface area (Å²) in [5, 5.41) is 10.7. The molecule has 0 spiro atoms. The van der Waals surface area contributed by atoms with E-state index < -0.39 is 28.5 Å². The fraction of sp³-hybridized carbons (Fsp3) is 0.182. The van der Waals surface area contributed by atoms with E-state index in [4.69, 9.17) is 5.84 Å². The lowest BCUT2D eigenvalue weighted by molar-refractivity contribution is -0.384. The fourth-order valence-corrected chi connectivity index (χ4v) is 1.31. The second-order valence-electron chi connectivity index (χ2n) is 3.52. The standard InChI is InChI=1S/C11H11N3O7/c1-2-20-10(16)11(17)21-8-4-3-6(14(18)19)5-7(8)9(15)13-12/h3-5H,2,12H2,1H3,(H,13,15). The molecule has 0 aliphatic carbocycles. The number of esters is 2. The van der Waals surface area contributed by atoms with E-state index in [-0.39, 0.29) is 17.9 Å². The monoisotopic (exact) mass is 297 g/mol. The van der Waals surface area contributed by atoms with Crippen molar-refractivity contribution in [2.45, 2.75) is 6.92 Å². The van der Waals surface area contributed by atoms with Crippen molar-refractivity contribution in [2.75, 3.05) is 6.61 Å². The molecule has 0 atom stereocenters. The number of hydrogen-bond acceptors (Lipinski definition) is 8. The average molecular weight is 297 g/mol. The summed E-state index contributed by atoms with van der Waals surface area (Å²) in [6.07, 6.45) is 0. The first-order valence-corrected chi connectivity index (χ1v) is 5.59. The minimum Gasteiger partial charge on any atom is -0.458 e. The van der Waals surface area contributed by atoms with Crippen LogP contribution in [0.4, 0.5) is 5.69 Å². The van der Waals surface area contributed by atoms with Gasteiger partial charge in [-0.1, -0.05) is 0 Å². The Morgan fingerprint density at radius 1 is 1.33 bits per heavy atom. The number of carbonyl (C=O) groups is 3. The number of nitrogen functional groups attached to an aromatic ring is 1. The molecule has 0 saturated heterocycles. The lowest BCUT2D eigenvalue weighted by Crippen LogP contribution is -2.31. The van der Waals surface area contributed by atoms with Crippen LogP contribution < -0.4 is 16.0 Å². The van der Waals surface area contributed by atoms with Crippen LogP contribution in [0.5, 0.6) is 5.75 Å². The molecule has 1 rings (SSSR count). The van der Waals surface area contributed by atoms with Crippen molar-refractivity contribution in [3.05, 3.63) is 33.9 Å². The maximum atomic E-state index is 11.5. The van der Waals surface area contributed by atoms with Gasteiger partial charge in [-0.2, -0.15) is 0 Å². The zero-order valence-electron chi connectivity index (χ0n) is 10.8. The van der Waals surface area contributed by atoms with Crippen LogP contribution in [-0.4, -0.2) is 29.4 Å². The molecule has 0 radical (unpaired) electrons. The van der Waals surface area contributed by atoms with E-state index >= 15 is 0 Å². The number of nitrogens with one attached hydrogen (secondary N) is 1. The quantitative estimate of drug-likeness (QED) is 0.146. The van der Waals surface area contributed by atoms with E-state index in [1.165, 1.54) is 6.92 Å². The number of hydrazine groups is 1. The Morgan fingerprint density at radius 3 is 2.52 bits per heavy atom. The third-order valence-electron chi connectivity index (χ3n) is 2.19. The van der Waals surface area contributed by atoms with Crippen molar-refractivity contribution in [2.24, 2.45) is 5.84 Å². The van der Waals surface area contributed by atoms with Crippen LogP contribution in [-0.2, 0) is 14.3 Å². The van der Waals surface area contributed by atoms with E-state index in [1.807, 2.05) is 0 Å². The van der Waals surface area contributed by atoms with Crippen molar-refractivity contribution in [3.63, 3.8) is 0 Å². The molecule has 3 N–H and O–H groups in total. The first-order valence-electron chi connectivity index (χ1n) is 5.59. The SMILES string of the molecule is CCOC(=O)C(=O)Oc1ccc([N+](=O)[O-])cc1C(=O)NN. The molecule has 0 bridgehead atoms. The third kappa shape index (κ3) is 3.98. The van der Waals surface area contributed by atoms with Gasteiger partial charge in [0, 0.05) is 12.1 Å². The number of nitrogens with two attached hydrogens (primary N) is 1. The van der Waals surface area contributed by atoms with Gasteiger partial charge in [0.1, 0.15) is 5.75 Å². The highest BCUT2D eigenvalue weighted by Crippen LogP contribution is 2.24. The summed E-state index contributed by atoms with van der Waals surface area (Å²) in [6, 6.07) is 2.86. The summed E-state index contributed by atoms with van der Waals surface area (Å²) in [4.78, 5) is 44.0. The van der Waals surface area contributed by atoms with Gasteiger partial charge in [0.25, 0.3) is 11.6 Å². The molecule has 1 amide bonds. The third-order valence-corrected chi connectivity index (χ3v) is 2.19. The van der Waals surface area contributed by atoms with Gasteiger partial charge in [0.05, 0.1) is 17.1 Å². The molecule has 0 aliphatic rings. The maximum Gasteiger partial charge on any atom is 0.422 e. The number of nitro benzene ring substituents is 1. The van der Waals surface area contributed by atoms with Crippen molar-refractivity contribution < 1.29 is 28.8 Å². The number of ether oxygens (including phenoxy) is 2. The molecule has 0 unspecified atom stereocenters. The van der Waals surface area contributed by atoms with Gasteiger partial charge in [-0.05, 0) is 13.0 Å². The summed E-state index contributed by atoms with van der Waals surface area (Å²) in [6.45, 7) is 1.45. The van der Waals surface area contributed by atoms with E-state index in [9.17, 15) is 24.5 Å². The molecular weight excluding hydrogens is 286 g/mol. The Bertz CT molecular complexity index is 599. The lowest BCUT2D eigenvalue weighted by atomic mass is 10.1. The molecule has 0 heterocycles. The predicted molar refractivity (Wildman–Crippen MR) is 67.0 cm³/mol. The summed E-state index contributed by atoms with van der Waals surface area (Å²) in [5.41, 5.74) is 0.963. The normalized spacial score (nSPS) is 9.62. The van der Waals surface area contributed by atoms with E-state index in [0.717, 1.165) is 18.2 Å². The number of nitrogens with zero attached hydrogens (tertiary/aromatic N) is 1. The number of nitro groups is 1. The lowest BCUT2D eigenvalue weighted by Gasteiger charge is -2.08. The van der Waals surface area contributed by atoms with Gasteiger partial charge in [0.15, 0.2) is 0 Å². The topological polar surface area (TPSA) is 151 Å². The number of benzene rings is 1. The Kier molecular flexibility index (Phi) is 5.31. The van der Waals surface area contributed by atoms with E-state index in [0.29, 0.717) is 0 Å². The number of hydrogen-bond donors (Lipinski definition) is 2. The second-order valence-corrected chi connectivity index (χ2v) is 3.52. The zero-order valence-corrected chi connectivity index (χ0v) is 10.8. The van der Waals surface area contributed by atoms with Crippen molar-refractivity contribution in [1.29, 1.82) is 0 Å². The number of rotatable bonds is 4. The Balaban J connectivity index is 3.11. The largest absolute Gasteiger partial charge is 0.458 e. The van der Waals surface area contributed by atoms with Gasteiger partial charge < -0.3 is 9.47 Å². The first-order chi connectivity index (χ1) is 9.90. The molecule has 0 saturated carbocycles. The first kappa shape index (κ1) is 16.0. The number of non-ortho nitro benzene ring substituents is 1. The highest BCUT2D eigenvalue weighted by atomic mass is 16.6. The van der Waals surface area contributed by atoms with Crippen LogP contribution in [0, 0.1) is 10.1 Å². The van der Waals surface area contributed by atoms with Gasteiger partial charge in [-0.3, -0.25) is 20.3 Å². The van der Waals surface area contributed by atoms with E-state index in [1.54, 1.807) is 5.43 Å². The van der Waals surface area contributed by atoms with Crippen LogP contribution in [0.3, 0.4) is 0 Å². The average Bonchev–Trinajstić information content (AvgIpc) is 2.46. The summed E-state index contributed by atoms with van der Waals surface area (Å²) >= 11 is 0. The van der Waals surface area contributed by atoms with Crippen LogP contribution in [0.25, 0.3) is 0 Å². The zero-order chi connectivity index (χ0) is 16.0. The minimum atomic E-state index is -1.36. The smallest absolute Gasteiger partial charge is 0.422 e. The highest BCUT2D eigenvalue weighted by molar-refractivity contribution is 6.30. The van der Waals surface area contributed by atoms with Crippen molar-refractivity contribution >= 4 is 23.5 Å². The van der Waals surface area contributed by atoms with Crippen molar-refractivity contribution in [3.8, 4) is 5.75 Å². The second kappa shape index (κ2) is 6.96. The Morgan fingerprint density at radius 2 is 2.00 bits per heavy atom.